The minimum absolute atomic E-state index is 0.661. The summed E-state index contributed by atoms with van der Waals surface area (Å²) >= 11 is 0. The van der Waals surface area contributed by atoms with Gasteiger partial charge in [-0.25, -0.2) is 0 Å². The third kappa shape index (κ3) is 2.44. The smallest absolute Gasteiger partial charge is 0.162 e. The summed E-state index contributed by atoms with van der Waals surface area (Å²) in [5.41, 5.74) is 4.20. The van der Waals surface area contributed by atoms with Crippen molar-refractivity contribution >= 4 is 5.69 Å². The van der Waals surface area contributed by atoms with E-state index in [1.54, 1.807) is 14.2 Å². The van der Waals surface area contributed by atoms with Crippen LogP contribution in [0.4, 0.5) is 5.69 Å². The van der Waals surface area contributed by atoms with E-state index in [1.807, 2.05) is 0 Å². The van der Waals surface area contributed by atoms with Gasteiger partial charge in [0.05, 0.1) is 14.2 Å². The van der Waals surface area contributed by atoms with Crippen molar-refractivity contribution in [3.05, 3.63) is 53.6 Å². The Kier molecular flexibility index (Phi) is 3.64. The van der Waals surface area contributed by atoms with Crippen molar-refractivity contribution in [2.24, 2.45) is 5.92 Å². The van der Waals surface area contributed by atoms with E-state index < -0.39 is 0 Å². The zero-order chi connectivity index (χ0) is 15.8. The molecule has 0 amide bonds. The Morgan fingerprint density at radius 3 is 2.48 bits per heavy atom. The number of rotatable bonds is 3. The minimum Gasteiger partial charge on any atom is -0.493 e. The molecule has 120 valence electrons. The lowest BCUT2D eigenvalue weighted by atomic mass is 9.74. The van der Waals surface area contributed by atoms with E-state index in [2.05, 4.69) is 47.4 Å². The zero-order valence-corrected chi connectivity index (χ0v) is 13.8. The third-order valence-corrected chi connectivity index (χ3v) is 5.37. The number of anilines is 1. The van der Waals surface area contributed by atoms with Crippen molar-refractivity contribution in [1.82, 2.24) is 0 Å². The highest BCUT2D eigenvalue weighted by Crippen LogP contribution is 2.45. The molecular weight excluding hydrogens is 286 g/mol. The first-order chi connectivity index (χ1) is 11.3. The average molecular weight is 309 g/mol. The summed E-state index contributed by atoms with van der Waals surface area (Å²) < 4.78 is 11.0. The lowest BCUT2D eigenvalue weighted by molar-refractivity contribution is 0.333. The van der Waals surface area contributed by atoms with Gasteiger partial charge in [-0.3, -0.25) is 0 Å². The van der Waals surface area contributed by atoms with Crippen molar-refractivity contribution in [2.75, 3.05) is 32.2 Å². The molecule has 0 spiro atoms. The van der Waals surface area contributed by atoms with Gasteiger partial charge in [0.1, 0.15) is 0 Å². The molecule has 23 heavy (non-hydrogen) atoms. The maximum absolute atomic E-state index is 5.49. The number of hydrogen-bond donors (Lipinski definition) is 0. The summed E-state index contributed by atoms with van der Waals surface area (Å²) in [5, 5.41) is 0. The molecule has 1 saturated heterocycles. The molecule has 0 N–H and O–H groups in total. The number of benzene rings is 2. The van der Waals surface area contributed by atoms with Gasteiger partial charge < -0.3 is 14.4 Å². The van der Waals surface area contributed by atoms with Crippen LogP contribution >= 0.6 is 0 Å². The standard InChI is InChI=1S/C20H23NO2/c1-22-19-11-15-10-16-13-21(18(15)12-20(19)23-2)9-8-17(16)14-6-4-3-5-7-14/h3-7,11-12,16-17H,8-10,13H2,1-2H3/t16-,17+/m0/s1. The number of methoxy groups -OCH3 is 2. The van der Waals surface area contributed by atoms with Gasteiger partial charge in [0.2, 0.25) is 0 Å². The minimum atomic E-state index is 0.661. The van der Waals surface area contributed by atoms with E-state index in [0.29, 0.717) is 11.8 Å². The molecule has 3 nitrogen and oxygen atoms in total. The molecule has 0 aromatic heterocycles. The van der Waals surface area contributed by atoms with Gasteiger partial charge in [0.15, 0.2) is 11.5 Å². The molecule has 2 aromatic rings. The normalized spacial score (nSPS) is 22.4. The lowest BCUT2D eigenvalue weighted by Crippen LogP contribution is -2.44. The first-order valence-corrected chi connectivity index (χ1v) is 8.35. The van der Waals surface area contributed by atoms with Crippen LogP contribution in [0.2, 0.25) is 0 Å². The fraction of sp³-hybridized carbons (Fsp3) is 0.400. The predicted molar refractivity (Wildman–Crippen MR) is 92.8 cm³/mol. The molecule has 2 aliphatic rings. The van der Waals surface area contributed by atoms with E-state index in [4.69, 9.17) is 9.47 Å². The summed E-state index contributed by atoms with van der Waals surface area (Å²) in [7, 11) is 3.42. The number of fused-ring (bicyclic) bond motifs is 4. The molecule has 0 radical (unpaired) electrons. The molecule has 2 atom stereocenters. The highest BCUT2D eigenvalue weighted by atomic mass is 16.5. The average Bonchev–Trinajstić information content (AvgIpc) is 2.61. The Hall–Kier alpha value is -2.16. The van der Waals surface area contributed by atoms with Gasteiger partial charge in [-0.1, -0.05) is 30.3 Å². The van der Waals surface area contributed by atoms with E-state index >= 15 is 0 Å². The number of piperidine rings is 1. The van der Waals surface area contributed by atoms with Gasteiger partial charge in [-0.2, -0.15) is 0 Å². The van der Waals surface area contributed by atoms with Crippen LogP contribution in [0.3, 0.4) is 0 Å². The van der Waals surface area contributed by atoms with Crippen molar-refractivity contribution in [3.63, 3.8) is 0 Å². The van der Waals surface area contributed by atoms with E-state index in [-0.39, 0.29) is 0 Å². The van der Waals surface area contributed by atoms with Crippen LogP contribution < -0.4 is 14.4 Å². The van der Waals surface area contributed by atoms with Crippen LogP contribution in [0.15, 0.2) is 42.5 Å². The molecule has 3 heteroatoms. The summed E-state index contributed by atoms with van der Waals surface area (Å²) in [4.78, 5) is 2.52. The third-order valence-electron chi connectivity index (χ3n) is 5.37. The Morgan fingerprint density at radius 1 is 1.00 bits per heavy atom. The first-order valence-electron chi connectivity index (χ1n) is 8.35. The Bertz CT molecular complexity index is 698. The molecule has 0 unspecified atom stereocenters. The molecule has 2 heterocycles. The van der Waals surface area contributed by atoms with Gasteiger partial charge in [0.25, 0.3) is 0 Å². The molecular formula is C20H23NO2. The summed E-state index contributed by atoms with van der Waals surface area (Å²) in [6, 6.07) is 15.3. The maximum atomic E-state index is 5.49. The summed E-state index contributed by atoms with van der Waals surface area (Å²) in [5.74, 6) is 3.00. The van der Waals surface area contributed by atoms with Crippen molar-refractivity contribution in [2.45, 2.75) is 18.8 Å². The fourth-order valence-electron chi connectivity index (χ4n) is 4.25. The fourth-order valence-corrected chi connectivity index (χ4v) is 4.25. The van der Waals surface area contributed by atoms with Crippen LogP contribution in [0.1, 0.15) is 23.5 Å². The zero-order valence-electron chi connectivity index (χ0n) is 13.8. The monoisotopic (exact) mass is 309 g/mol. The summed E-state index contributed by atoms with van der Waals surface area (Å²) in [6.07, 6.45) is 2.34. The Labute approximate surface area is 137 Å². The highest BCUT2D eigenvalue weighted by molar-refractivity contribution is 5.64. The second-order valence-electron chi connectivity index (χ2n) is 6.55. The van der Waals surface area contributed by atoms with Crippen LogP contribution in [-0.4, -0.2) is 27.3 Å². The first kappa shape index (κ1) is 14.4. The number of ether oxygens (including phenoxy) is 2. The van der Waals surface area contributed by atoms with Crippen LogP contribution in [-0.2, 0) is 6.42 Å². The molecule has 2 aliphatic heterocycles. The van der Waals surface area contributed by atoms with Gasteiger partial charge in [0, 0.05) is 24.8 Å². The van der Waals surface area contributed by atoms with Crippen molar-refractivity contribution in [1.29, 1.82) is 0 Å². The molecule has 2 aromatic carbocycles. The quantitative estimate of drug-likeness (QED) is 0.859. The molecule has 0 saturated carbocycles. The maximum Gasteiger partial charge on any atom is 0.162 e. The Morgan fingerprint density at radius 2 is 1.74 bits per heavy atom. The van der Waals surface area contributed by atoms with Gasteiger partial charge in [-0.15, -0.1) is 0 Å². The van der Waals surface area contributed by atoms with E-state index in [1.165, 1.54) is 23.2 Å². The highest BCUT2D eigenvalue weighted by Gasteiger charge is 2.36. The molecule has 2 bridgehead atoms. The van der Waals surface area contributed by atoms with E-state index in [9.17, 15) is 0 Å². The molecule has 4 rings (SSSR count). The second-order valence-corrected chi connectivity index (χ2v) is 6.55. The van der Waals surface area contributed by atoms with Crippen molar-refractivity contribution in [3.8, 4) is 11.5 Å². The van der Waals surface area contributed by atoms with Crippen molar-refractivity contribution < 1.29 is 9.47 Å². The largest absolute Gasteiger partial charge is 0.493 e. The second kappa shape index (κ2) is 5.80. The lowest BCUT2D eigenvalue weighted by Gasteiger charge is -2.45. The van der Waals surface area contributed by atoms with Crippen LogP contribution in [0, 0.1) is 5.92 Å². The SMILES string of the molecule is COc1cc2c(cc1OC)N1CC[C@H](c3ccccc3)[C@@H](C2)C1. The summed E-state index contributed by atoms with van der Waals surface area (Å²) in [6.45, 7) is 2.25. The predicted octanol–water partition coefficient (Wildman–Crippen LogP) is 3.87. The van der Waals surface area contributed by atoms with E-state index in [0.717, 1.165) is 31.0 Å². The van der Waals surface area contributed by atoms with Crippen LogP contribution in [0.25, 0.3) is 0 Å². The number of hydrogen-bond acceptors (Lipinski definition) is 3. The number of nitrogens with zero attached hydrogens (tertiary/aromatic N) is 1. The van der Waals surface area contributed by atoms with Gasteiger partial charge in [-0.05, 0) is 41.9 Å². The van der Waals surface area contributed by atoms with Gasteiger partial charge >= 0.3 is 0 Å². The molecule has 0 aliphatic carbocycles. The Balaban J connectivity index is 1.69. The molecule has 1 fully saturated rings. The van der Waals surface area contributed by atoms with Crippen LogP contribution in [0.5, 0.6) is 11.5 Å². The topological polar surface area (TPSA) is 21.7 Å².